The van der Waals surface area contributed by atoms with Crippen molar-refractivity contribution in [2.75, 3.05) is 0 Å². The van der Waals surface area contributed by atoms with Gasteiger partial charge in [0.15, 0.2) is 11.5 Å². The van der Waals surface area contributed by atoms with Crippen LogP contribution in [0.1, 0.15) is 0 Å². The fourth-order valence-electron chi connectivity index (χ4n) is 7.56. The predicted octanol–water partition coefficient (Wildman–Crippen LogP) is 9.38. The molecule has 0 spiro atoms. The van der Waals surface area contributed by atoms with Crippen molar-refractivity contribution >= 4 is 76.3 Å². The van der Waals surface area contributed by atoms with Gasteiger partial charge in [0.25, 0.3) is 0 Å². The molecule has 232 valence electrons. The SMILES string of the molecule is c1ccc2c(c1)ccc1ccc(-n3c4ccccc4c4cc5c6ccccc6n(-c6ccnc(-c7cnc8cncnc8n7)n6)c5cc43)cc12. The molecular formula is C42H24N8. The molecule has 8 heteroatoms. The molecule has 6 aromatic carbocycles. The normalized spacial score (nSPS) is 12.0. The van der Waals surface area contributed by atoms with Crippen LogP contribution in [0.25, 0.3) is 99.3 Å². The lowest BCUT2D eigenvalue weighted by atomic mass is 10.0. The summed E-state index contributed by atoms with van der Waals surface area (Å²) in [5.74, 6) is 1.21. The highest BCUT2D eigenvalue weighted by molar-refractivity contribution is 6.19. The van der Waals surface area contributed by atoms with Gasteiger partial charge in [-0.15, -0.1) is 0 Å². The van der Waals surface area contributed by atoms with Gasteiger partial charge in [-0.25, -0.2) is 29.9 Å². The van der Waals surface area contributed by atoms with E-state index in [4.69, 9.17) is 9.97 Å². The molecule has 0 radical (unpaired) electrons. The first-order valence-electron chi connectivity index (χ1n) is 16.4. The number of fused-ring (bicyclic) bond motifs is 10. The maximum Gasteiger partial charge on any atom is 0.181 e. The van der Waals surface area contributed by atoms with Gasteiger partial charge in [0.2, 0.25) is 0 Å². The first kappa shape index (κ1) is 26.9. The van der Waals surface area contributed by atoms with Crippen LogP contribution in [0.5, 0.6) is 0 Å². The first-order valence-corrected chi connectivity index (χ1v) is 16.4. The highest BCUT2D eigenvalue weighted by atomic mass is 15.1. The molecule has 0 saturated carbocycles. The minimum Gasteiger partial charge on any atom is -0.309 e. The van der Waals surface area contributed by atoms with E-state index in [1.807, 2.05) is 6.07 Å². The third-order valence-corrected chi connectivity index (χ3v) is 9.78. The molecule has 0 N–H and O–H groups in total. The second-order valence-electron chi connectivity index (χ2n) is 12.5. The smallest absolute Gasteiger partial charge is 0.181 e. The molecule has 0 fully saturated rings. The van der Waals surface area contributed by atoms with E-state index < -0.39 is 0 Å². The molecule has 0 bridgehead atoms. The number of benzene rings is 6. The van der Waals surface area contributed by atoms with Crippen LogP contribution in [-0.2, 0) is 0 Å². The van der Waals surface area contributed by atoms with E-state index in [1.165, 1.54) is 38.6 Å². The summed E-state index contributed by atoms with van der Waals surface area (Å²) in [5.41, 5.74) is 7.18. The van der Waals surface area contributed by atoms with Crippen LogP contribution >= 0.6 is 0 Å². The van der Waals surface area contributed by atoms with Crippen LogP contribution in [0, 0.1) is 0 Å². The number of nitrogens with zero attached hydrogens (tertiary/aromatic N) is 8. The average Bonchev–Trinajstić information content (AvgIpc) is 3.68. The van der Waals surface area contributed by atoms with Crippen LogP contribution < -0.4 is 0 Å². The summed E-state index contributed by atoms with van der Waals surface area (Å²) >= 11 is 0. The zero-order valence-electron chi connectivity index (χ0n) is 26.4. The fraction of sp³-hybridized carbons (Fsp3) is 0. The Hall–Kier alpha value is -7.06. The molecule has 8 nitrogen and oxygen atoms in total. The lowest BCUT2D eigenvalue weighted by molar-refractivity contribution is 1.03. The highest BCUT2D eigenvalue weighted by Gasteiger charge is 2.20. The fourth-order valence-corrected chi connectivity index (χ4v) is 7.56. The number of rotatable bonds is 3. The molecule has 0 amide bonds. The van der Waals surface area contributed by atoms with Crippen molar-refractivity contribution in [2.45, 2.75) is 0 Å². The summed E-state index contributed by atoms with van der Waals surface area (Å²) in [6, 6.07) is 43.6. The molecule has 0 atom stereocenters. The molecule has 0 saturated heterocycles. The van der Waals surface area contributed by atoms with E-state index >= 15 is 0 Å². The third-order valence-electron chi connectivity index (χ3n) is 9.78. The van der Waals surface area contributed by atoms with Crippen molar-refractivity contribution < 1.29 is 0 Å². The number of hydrogen-bond donors (Lipinski definition) is 0. The maximum atomic E-state index is 5.06. The van der Waals surface area contributed by atoms with E-state index in [9.17, 15) is 0 Å². The molecule has 0 unspecified atom stereocenters. The number of aromatic nitrogens is 8. The van der Waals surface area contributed by atoms with E-state index in [-0.39, 0.29) is 0 Å². The van der Waals surface area contributed by atoms with Crippen molar-refractivity contribution in [3.63, 3.8) is 0 Å². The van der Waals surface area contributed by atoms with Gasteiger partial charge in [-0.2, -0.15) is 0 Å². The van der Waals surface area contributed by atoms with Crippen LogP contribution in [-0.4, -0.2) is 39.0 Å². The van der Waals surface area contributed by atoms with Crippen molar-refractivity contribution in [1.29, 1.82) is 0 Å². The largest absolute Gasteiger partial charge is 0.309 e. The highest BCUT2D eigenvalue weighted by Crippen LogP contribution is 2.40. The zero-order chi connectivity index (χ0) is 32.8. The molecule has 5 heterocycles. The Labute approximate surface area is 284 Å². The summed E-state index contributed by atoms with van der Waals surface area (Å²) < 4.78 is 4.62. The Morgan fingerprint density at radius 2 is 1.16 bits per heavy atom. The van der Waals surface area contributed by atoms with Gasteiger partial charge in [0, 0.05) is 33.4 Å². The lowest BCUT2D eigenvalue weighted by Crippen LogP contribution is -2.02. The Kier molecular flexibility index (Phi) is 5.51. The topological polar surface area (TPSA) is 87.2 Å². The number of para-hydroxylation sites is 2. The summed E-state index contributed by atoms with van der Waals surface area (Å²) in [7, 11) is 0. The van der Waals surface area contributed by atoms with Gasteiger partial charge in [-0.1, -0.05) is 78.9 Å². The second kappa shape index (κ2) is 10.2. The summed E-state index contributed by atoms with van der Waals surface area (Å²) in [5, 5.41) is 9.66. The minimum absolute atomic E-state index is 0.472. The Morgan fingerprint density at radius 3 is 2.00 bits per heavy atom. The molecule has 50 heavy (non-hydrogen) atoms. The van der Waals surface area contributed by atoms with Crippen molar-refractivity contribution in [3.8, 4) is 23.0 Å². The summed E-state index contributed by atoms with van der Waals surface area (Å²) in [6.07, 6.45) is 6.56. The van der Waals surface area contributed by atoms with Crippen molar-refractivity contribution in [3.05, 3.63) is 146 Å². The van der Waals surface area contributed by atoms with E-state index in [1.54, 1.807) is 18.6 Å². The quantitative estimate of drug-likeness (QED) is 0.179. The van der Waals surface area contributed by atoms with Gasteiger partial charge in [0.05, 0.1) is 34.5 Å². The molecule has 0 aliphatic heterocycles. The second-order valence-corrected chi connectivity index (χ2v) is 12.5. The maximum absolute atomic E-state index is 5.06. The van der Waals surface area contributed by atoms with Crippen LogP contribution in [0.3, 0.4) is 0 Å². The molecule has 5 aromatic heterocycles. The Morgan fingerprint density at radius 1 is 0.460 bits per heavy atom. The van der Waals surface area contributed by atoms with Gasteiger partial charge in [-0.05, 0) is 64.0 Å². The molecule has 0 aliphatic carbocycles. The summed E-state index contributed by atoms with van der Waals surface area (Å²) in [4.78, 5) is 27.2. The average molecular weight is 641 g/mol. The van der Waals surface area contributed by atoms with Gasteiger partial charge in [-0.3, -0.25) is 4.57 Å². The number of hydrogen-bond acceptors (Lipinski definition) is 6. The predicted molar refractivity (Wildman–Crippen MR) is 200 cm³/mol. The van der Waals surface area contributed by atoms with Gasteiger partial charge >= 0.3 is 0 Å². The van der Waals surface area contributed by atoms with Gasteiger partial charge in [0.1, 0.15) is 23.4 Å². The van der Waals surface area contributed by atoms with E-state index in [0.29, 0.717) is 22.7 Å². The molecule has 0 aliphatic rings. The van der Waals surface area contributed by atoms with Crippen molar-refractivity contribution in [2.24, 2.45) is 0 Å². The van der Waals surface area contributed by atoms with Gasteiger partial charge < -0.3 is 4.57 Å². The van der Waals surface area contributed by atoms with Crippen LogP contribution in [0.2, 0.25) is 0 Å². The Bertz CT molecular complexity index is 3180. The summed E-state index contributed by atoms with van der Waals surface area (Å²) in [6.45, 7) is 0. The third kappa shape index (κ3) is 3.87. The molecular weight excluding hydrogens is 617 g/mol. The zero-order valence-corrected chi connectivity index (χ0v) is 26.4. The van der Waals surface area contributed by atoms with Crippen molar-refractivity contribution in [1.82, 2.24) is 39.0 Å². The standard InChI is InChI=1S/C42H24N8/c1-2-8-28-25(7-1)13-14-26-15-16-27(19-31(26)28)49-36-11-5-3-9-29(36)32-20-33-30-10-4-6-12-37(30)50(39(33)21-38(32)49)40-17-18-44-42(48-40)35-23-45-34-22-43-24-46-41(34)47-35/h1-24H. The van der Waals surface area contributed by atoms with E-state index in [0.717, 1.165) is 44.3 Å². The van der Waals surface area contributed by atoms with E-state index in [2.05, 4.69) is 144 Å². The monoisotopic (exact) mass is 640 g/mol. The van der Waals surface area contributed by atoms with Crippen LogP contribution in [0.15, 0.2) is 146 Å². The first-order chi connectivity index (χ1) is 24.8. The van der Waals surface area contributed by atoms with Crippen LogP contribution in [0.4, 0.5) is 0 Å². The lowest BCUT2D eigenvalue weighted by Gasteiger charge is -2.12. The Balaban J connectivity index is 1.19. The molecule has 11 aromatic rings. The molecule has 11 rings (SSSR count). The minimum atomic E-state index is 0.472.